The monoisotopic (exact) mass is 413 g/mol. The molecule has 1 fully saturated rings. The van der Waals surface area contributed by atoms with E-state index in [0.717, 1.165) is 30.0 Å². The molecule has 0 spiro atoms. The molecule has 6 nitrogen and oxygen atoms in total. The van der Waals surface area contributed by atoms with Crippen LogP contribution in [0.2, 0.25) is 0 Å². The number of carbonyl (C=O) groups is 1. The zero-order valence-electron chi connectivity index (χ0n) is 15.0. The number of nitrogens with zero attached hydrogens (tertiary/aromatic N) is 3. The lowest BCUT2D eigenvalue weighted by molar-refractivity contribution is -0.137. The van der Waals surface area contributed by atoms with Crippen LogP contribution in [0.4, 0.5) is 13.2 Å². The number of hydrogen-bond acceptors (Lipinski definition) is 4. The maximum absolute atomic E-state index is 12.7. The van der Waals surface area contributed by atoms with Gasteiger partial charge in [0.05, 0.1) is 16.0 Å². The van der Waals surface area contributed by atoms with Crippen LogP contribution in [0.5, 0.6) is 0 Å². The molecule has 2 aromatic rings. The van der Waals surface area contributed by atoms with E-state index in [4.69, 9.17) is 0 Å². The summed E-state index contributed by atoms with van der Waals surface area (Å²) in [6.45, 7) is 2.31. The Hall–Kier alpha value is -2.46. The molecule has 10 heteroatoms. The highest BCUT2D eigenvalue weighted by atomic mass is 32.2. The van der Waals surface area contributed by atoms with Crippen LogP contribution in [-0.2, 0) is 16.2 Å². The van der Waals surface area contributed by atoms with Crippen molar-refractivity contribution in [3.05, 3.63) is 59.4 Å². The summed E-state index contributed by atoms with van der Waals surface area (Å²) in [6.07, 6.45) is -3.05. The molecule has 0 bridgehead atoms. The Balaban J connectivity index is 1.68. The van der Waals surface area contributed by atoms with Crippen LogP contribution in [0.1, 0.15) is 21.6 Å². The first-order valence-corrected chi connectivity index (χ1v) is 9.92. The number of amides is 1. The first kappa shape index (κ1) is 20.3. The summed E-state index contributed by atoms with van der Waals surface area (Å²) in [6, 6.07) is 6.78. The molecule has 1 aliphatic heterocycles. The van der Waals surface area contributed by atoms with E-state index in [1.165, 1.54) is 15.4 Å². The highest BCUT2D eigenvalue weighted by Gasteiger charge is 2.33. The number of aromatic nitrogens is 1. The molecule has 150 valence electrons. The summed E-state index contributed by atoms with van der Waals surface area (Å²) in [7, 11) is -3.93. The summed E-state index contributed by atoms with van der Waals surface area (Å²) >= 11 is 0. The Kier molecular flexibility index (Phi) is 5.44. The van der Waals surface area contributed by atoms with Crippen molar-refractivity contribution < 1.29 is 26.4 Å². The van der Waals surface area contributed by atoms with Gasteiger partial charge >= 0.3 is 6.18 Å². The maximum atomic E-state index is 12.7. The van der Waals surface area contributed by atoms with Gasteiger partial charge in [0.2, 0.25) is 10.0 Å². The molecule has 0 unspecified atom stereocenters. The van der Waals surface area contributed by atoms with Crippen molar-refractivity contribution in [2.75, 3.05) is 26.2 Å². The molecule has 2 heterocycles. The molecule has 1 aromatic heterocycles. The van der Waals surface area contributed by atoms with E-state index in [0.29, 0.717) is 5.56 Å². The van der Waals surface area contributed by atoms with Crippen LogP contribution in [0.15, 0.2) is 47.5 Å². The molecule has 0 aliphatic carbocycles. The molecule has 28 heavy (non-hydrogen) atoms. The molecular formula is C18H18F3N3O3S. The van der Waals surface area contributed by atoms with Crippen molar-refractivity contribution in [3.8, 4) is 0 Å². The number of alkyl halides is 3. The Morgan fingerprint density at radius 1 is 1.00 bits per heavy atom. The average Bonchev–Trinajstić information content (AvgIpc) is 2.67. The van der Waals surface area contributed by atoms with Crippen molar-refractivity contribution in [3.63, 3.8) is 0 Å². The molecule has 0 atom stereocenters. The van der Waals surface area contributed by atoms with E-state index in [1.807, 2.05) is 0 Å². The third-order valence-electron chi connectivity index (χ3n) is 4.50. The van der Waals surface area contributed by atoms with Gasteiger partial charge in [-0.2, -0.15) is 17.5 Å². The van der Waals surface area contributed by atoms with Gasteiger partial charge in [-0.05, 0) is 43.3 Å². The Bertz CT molecular complexity index is 950. The van der Waals surface area contributed by atoms with Gasteiger partial charge in [0.25, 0.3) is 5.91 Å². The second-order valence-electron chi connectivity index (χ2n) is 6.41. The number of pyridine rings is 1. The van der Waals surface area contributed by atoms with Gasteiger partial charge < -0.3 is 4.90 Å². The Morgan fingerprint density at radius 3 is 2.11 bits per heavy atom. The summed E-state index contributed by atoms with van der Waals surface area (Å²) in [4.78, 5) is 17.9. The van der Waals surface area contributed by atoms with Gasteiger partial charge in [0.1, 0.15) is 0 Å². The van der Waals surface area contributed by atoms with Crippen molar-refractivity contribution in [2.24, 2.45) is 0 Å². The van der Waals surface area contributed by atoms with E-state index in [-0.39, 0.29) is 37.0 Å². The lowest BCUT2D eigenvalue weighted by Crippen LogP contribution is -2.50. The van der Waals surface area contributed by atoms with Crippen LogP contribution in [0.3, 0.4) is 0 Å². The average molecular weight is 413 g/mol. The number of benzene rings is 1. The van der Waals surface area contributed by atoms with Gasteiger partial charge in [0, 0.05) is 38.1 Å². The summed E-state index contributed by atoms with van der Waals surface area (Å²) in [5.74, 6) is -0.237. The number of hydrogen-bond donors (Lipinski definition) is 0. The zero-order valence-corrected chi connectivity index (χ0v) is 15.8. The van der Waals surface area contributed by atoms with Crippen molar-refractivity contribution in [1.82, 2.24) is 14.2 Å². The first-order chi connectivity index (χ1) is 13.1. The number of rotatable bonds is 3. The van der Waals surface area contributed by atoms with E-state index in [1.54, 1.807) is 19.1 Å². The Morgan fingerprint density at radius 2 is 1.61 bits per heavy atom. The van der Waals surface area contributed by atoms with Crippen LogP contribution < -0.4 is 0 Å². The standard InChI is InChI=1S/C18H18F3N3O3S/c1-13-2-3-14(12-22-13)17(25)23-8-10-24(11-9-23)28(26,27)16-6-4-15(5-7-16)18(19,20)21/h2-7,12H,8-11H2,1H3. The maximum Gasteiger partial charge on any atom is 0.416 e. The number of aryl methyl sites for hydroxylation is 1. The van der Waals surface area contributed by atoms with Crippen LogP contribution in [0.25, 0.3) is 0 Å². The molecule has 1 aromatic carbocycles. The summed E-state index contributed by atoms with van der Waals surface area (Å²) in [5.41, 5.74) is 0.294. The van der Waals surface area contributed by atoms with Crippen LogP contribution in [-0.4, -0.2) is 54.7 Å². The van der Waals surface area contributed by atoms with Gasteiger partial charge in [-0.3, -0.25) is 9.78 Å². The van der Waals surface area contributed by atoms with Gasteiger partial charge in [-0.1, -0.05) is 0 Å². The lowest BCUT2D eigenvalue weighted by Gasteiger charge is -2.34. The van der Waals surface area contributed by atoms with Crippen molar-refractivity contribution in [2.45, 2.75) is 18.0 Å². The van der Waals surface area contributed by atoms with Crippen molar-refractivity contribution in [1.29, 1.82) is 0 Å². The van der Waals surface area contributed by atoms with Crippen LogP contribution in [0, 0.1) is 6.92 Å². The molecule has 0 saturated carbocycles. The minimum absolute atomic E-state index is 0.0639. The number of halogens is 3. The highest BCUT2D eigenvalue weighted by molar-refractivity contribution is 7.89. The zero-order chi connectivity index (χ0) is 20.5. The third-order valence-corrected chi connectivity index (χ3v) is 6.42. The Labute approximate surface area is 160 Å². The first-order valence-electron chi connectivity index (χ1n) is 8.48. The number of sulfonamides is 1. The van der Waals surface area contributed by atoms with E-state index < -0.39 is 21.8 Å². The van der Waals surface area contributed by atoms with E-state index >= 15 is 0 Å². The van der Waals surface area contributed by atoms with Gasteiger partial charge in [-0.15, -0.1) is 0 Å². The largest absolute Gasteiger partial charge is 0.416 e. The molecule has 1 amide bonds. The van der Waals surface area contributed by atoms with Crippen LogP contribution >= 0.6 is 0 Å². The minimum Gasteiger partial charge on any atom is -0.336 e. The van der Waals surface area contributed by atoms with E-state index in [9.17, 15) is 26.4 Å². The van der Waals surface area contributed by atoms with Crippen molar-refractivity contribution >= 4 is 15.9 Å². The minimum atomic E-state index is -4.53. The molecular weight excluding hydrogens is 395 g/mol. The summed E-state index contributed by atoms with van der Waals surface area (Å²) in [5, 5.41) is 0. The third kappa shape index (κ3) is 4.17. The lowest BCUT2D eigenvalue weighted by atomic mass is 10.2. The number of carbonyl (C=O) groups excluding carboxylic acids is 1. The SMILES string of the molecule is Cc1ccc(C(=O)N2CCN(S(=O)(=O)c3ccc(C(F)(F)F)cc3)CC2)cn1. The topological polar surface area (TPSA) is 70.6 Å². The quantitative estimate of drug-likeness (QED) is 0.776. The molecule has 0 radical (unpaired) electrons. The van der Waals surface area contributed by atoms with E-state index in [2.05, 4.69) is 4.98 Å². The molecule has 3 rings (SSSR count). The second-order valence-corrected chi connectivity index (χ2v) is 8.34. The fourth-order valence-electron chi connectivity index (χ4n) is 2.87. The molecule has 1 aliphatic rings. The predicted octanol–water partition coefficient (Wildman–Crippen LogP) is 2.56. The molecule has 1 saturated heterocycles. The second kappa shape index (κ2) is 7.51. The smallest absolute Gasteiger partial charge is 0.336 e. The summed E-state index contributed by atoms with van der Waals surface area (Å²) < 4.78 is 64.4. The highest BCUT2D eigenvalue weighted by Crippen LogP contribution is 2.30. The van der Waals surface area contributed by atoms with Gasteiger partial charge in [0.15, 0.2) is 0 Å². The fourth-order valence-corrected chi connectivity index (χ4v) is 4.30. The predicted molar refractivity (Wildman–Crippen MR) is 95.1 cm³/mol. The van der Waals surface area contributed by atoms with Gasteiger partial charge in [-0.25, -0.2) is 8.42 Å². The molecule has 0 N–H and O–H groups in total. The fraction of sp³-hybridized carbons (Fsp3) is 0.333. The number of piperazine rings is 1. The normalized spacial score (nSPS) is 16.2.